The van der Waals surface area contributed by atoms with Crippen molar-refractivity contribution in [2.45, 2.75) is 12.1 Å². The van der Waals surface area contributed by atoms with Gasteiger partial charge >= 0.3 is 0 Å². The summed E-state index contributed by atoms with van der Waals surface area (Å²) in [4.78, 5) is 0. The van der Waals surface area contributed by atoms with Crippen LogP contribution in [-0.2, 0) is 0 Å². The van der Waals surface area contributed by atoms with Crippen LogP contribution in [0.25, 0.3) is 11.3 Å². The highest BCUT2D eigenvalue weighted by atomic mass is 19.1. The Morgan fingerprint density at radius 2 is 1.46 bits per heavy atom. The third kappa shape index (κ3) is 3.54. The van der Waals surface area contributed by atoms with Crippen molar-refractivity contribution >= 4 is 0 Å². The largest absolute Gasteiger partial charge is 0.322 e. The Labute approximate surface area is 161 Å². The Balaban J connectivity index is 1.77. The highest BCUT2D eigenvalue weighted by Gasteiger charge is 2.25. The van der Waals surface area contributed by atoms with Crippen molar-refractivity contribution in [3.8, 4) is 11.3 Å². The fourth-order valence-electron chi connectivity index (χ4n) is 3.27. The minimum Gasteiger partial charge on any atom is -0.322 e. The molecule has 0 aliphatic heterocycles. The van der Waals surface area contributed by atoms with Gasteiger partial charge in [-0.05, 0) is 23.3 Å². The van der Waals surface area contributed by atoms with Crippen LogP contribution in [-0.4, -0.2) is 15.0 Å². The number of nitrogens with two attached hydrogens (primary N) is 1. The molecule has 0 bridgehead atoms. The lowest BCUT2D eigenvalue weighted by molar-refractivity contribution is 0.433. The first kappa shape index (κ1) is 18.0. The molecule has 0 radical (unpaired) electrons. The average molecular weight is 376 g/mol. The highest BCUT2D eigenvalue weighted by Crippen LogP contribution is 2.31. The molecule has 140 valence electrons. The first-order chi connectivity index (χ1) is 13.6. The van der Waals surface area contributed by atoms with E-state index in [4.69, 9.17) is 5.73 Å². The number of aromatic nitrogens is 3. The van der Waals surface area contributed by atoms with Gasteiger partial charge in [0.25, 0.3) is 0 Å². The van der Waals surface area contributed by atoms with Crippen LogP contribution < -0.4 is 5.73 Å². The molecule has 6 heteroatoms. The van der Waals surface area contributed by atoms with E-state index >= 15 is 0 Å². The van der Waals surface area contributed by atoms with Crippen molar-refractivity contribution < 1.29 is 8.78 Å². The number of hydrogen-bond donors (Lipinski definition) is 1. The van der Waals surface area contributed by atoms with E-state index in [0.717, 1.165) is 17.2 Å². The first-order valence-corrected chi connectivity index (χ1v) is 8.86. The quantitative estimate of drug-likeness (QED) is 0.557. The third-order valence-electron chi connectivity index (χ3n) is 4.67. The van der Waals surface area contributed by atoms with E-state index in [1.807, 2.05) is 60.7 Å². The topological polar surface area (TPSA) is 56.7 Å². The molecule has 2 atom stereocenters. The van der Waals surface area contributed by atoms with Crippen LogP contribution in [0.5, 0.6) is 0 Å². The molecule has 4 rings (SSSR count). The Morgan fingerprint density at radius 3 is 2.11 bits per heavy atom. The monoisotopic (exact) mass is 376 g/mol. The van der Waals surface area contributed by atoms with Gasteiger partial charge in [-0.3, -0.25) is 0 Å². The second-order valence-electron chi connectivity index (χ2n) is 6.50. The normalized spacial score (nSPS) is 13.2. The van der Waals surface area contributed by atoms with Crippen LogP contribution >= 0.6 is 0 Å². The van der Waals surface area contributed by atoms with Crippen LogP contribution in [0.1, 0.15) is 23.2 Å². The van der Waals surface area contributed by atoms with Crippen LogP contribution in [0.15, 0.2) is 85.1 Å². The predicted octanol–water partition coefficient (Wildman–Crippen LogP) is 4.51. The molecule has 0 fully saturated rings. The lowest BCUT2D eigenvalue weighted by Gasteiger charge is -2.24. The molecule has 4 nitrogen and oxygen atoms in total. The number of benzene rings is 3. The van der Waals surface area contributed by atoms with Crippen LogP contribution in [0, 0.1) is 11.6 Å². The zero-order valence-electron chi connectivity index (χ0n) is 14.9. The van der Waals surface area contributed by atoms with E-state index in [2.05, 4.69) is 10.3 Å². The summed E-state index contributed by atoms with van der Waals surface area (Å²) in [6, 6.07) is 22.1. The molecule has 0 amide bonds. The Hall–Kier alpha value is -3.38. The maximum atomic E-state index is 14.2. The van der Waals surface area contributed by atoms with E-state index in [-0.39, 0.29) is 11.6 Å². The third-order valence-corrected chi connectivity index (χ3v) is 4.67. The molecule has 28 heavy (non-hydrogen) atoms. The Morgan fingerprint density at radius 1 is 0.821 bits per heavy atom. The van der Waals surface area contributed by atoms with Crippen molar-refractivity contribution in [3.63, 3.8) is 0 Å². The van der Waals surface area contributed by atoms with Crippen LogP contribution in [0.4, 0.5) is 8.78 Å². The smallest absolute Gasteiger partial charge is 0.135 e. The zero-order valence-corrected chi connectivity index (χ0v) is 14.9. The number of rotatable bonds is 5. The lowest BCUT2D eigenvalue weighted by atomic mass is 9.94. The number of hydrogen-bond acceptors (Lipinski definition) is 3. The molecule has 2 N–H and O–H groups in total. The molecule has 0 aliphatic rings. The Bertz CT molecular complexity index is 1060. The lowest BCUT2D eigenvalue weighted by Crippen LogP contribution is -2.26. The molecule has 2 unspecified atom stereocenters. The molecule has 0 saturated carbocycles. The molecule has 1 heterocycles. The van der Waals surface area contributed by atoms with Gasteiger partial charge in [0.2, 0.25) is 0 Å². The predicted molar refractivity (Wildman–Crippen MR) is 103 cm³/mol. The second-order valence-corrected chi connectivity index (χ2v) is 6.50. The summed E-state index contributed by atoms with van der Waals surface area (Å²) in [6.45, 7) is 0. The molecule has 1 aromatic heterocycles. The van der Waals surface area contributed by atoms with E-state index < -0.39 is 17.7 Å². The van der Waals surface area contributed by atoms with Crippen molar-refractivity contribution in [1.82, 2.24) is 15.0 Å². The molecule has 4 aromatic rings. The average Bonchev–Trinajstić information content (AvgIpc) is 3.19. The van der Waals surface area contributed by atoms with Gasteiger partial charge in [0.15, 0.2) is 0 Å². The fourth-order valence-corrected chi connectivity index (χ4v) is 3.27. The van der Waals surface area contributed by atoms with Crippen LogP contribution in [0.3, 0.4) is 0 Å². The standard InChI is InChI=1S/C22H18F2N4/c23-17-11-12-18(19(24)13-17)20-14-28(27-26-20)22(16-9-5-2-6-10-16)21(25)15-7-3-1-4-8-15/h1-14,21-22H,25H2. The van der Waals surface area contributed by atoms with E-state index in [0.29, 0.717) is 5.69 Å². The van der Waals surface area contributed by atoms with Gasteiger partial charge in [0.1, 0.15) is 17.3 Å². The maximum Gasteiger partial charge on any atom is 0.135 e. The molecule has 0 spiro atoms. The minimum absolute atomic E-state index is 0.188. The SMILES string of the molecule is NC(c1ccccc1)C(c1ccccc1)n1cc(-c2ccc(F)cc2F)nn1. The molecule has 3 aromatic carbocycles. The maximum absolute atomic E-state index is 14.2. The molecule has 0 saturated heterocycles. The summed E-state index contributed by atoms with van der Waals surface area (Å²) in [5.41, 5.74) is 8.99. The second kappa shape index (κ2) is 7.70. The summed E-state index contributed by atoms with van der Waals surface area (Å²) in [5.74, 6) is -1.32. The van der Waals surface area contributed by atoms with Gasteiger partial charge in [-0.1, -0.05) is 65.9 Å². The fraction of sp³-hybridized carbons (Fsp3) is 0.0909. The zero-order chi connectivity index (χ0) is 19.5. The van der Waals surface area contributed by atoms with Crippen molar-refractivity contribution in [1.29, 1.82) is 0 Å². The van der Waals surface area contributed by atoms with E-state index in [1.54, 1.807) is 10.9 Å². The van der Waals surface area contributed by atoms with Gasteiger partial charge < -0.3 is 5.73 Å². The molecular weight excluding hydrogens is 358 g/mol. The summed E-state index contributed by atoms with van der Waals surface area (Å²) in [7, 11) is 0. The summed E-state index contributed by atoms with van der Waals surface area (Å²) in [5, 5.41) is 8.30. The summed E-state index contributed by atoms with van der Waals surface area (Å²) >= 11 is 0. The summed E-state index contributed by atoms with van der Waals surface area (Å²) in [6.07, 6.45) is 1.64. The number of nitrogens with zero attached hydrogens (tertiary/aromatic N) is 3. The minimum atomic E-state index is -0.685. The van der Waals surface area contributed by atoms with Gasteiger partial charge in [0.05, 0.1) is 18.3 Å². The number of halogens is 2. The van der Waals surface area contributed by atoms with Crippen molar-refractivity contribution in [2.75, 3.05) is 0 Å². The van der Waals surface area contributed by atoms with Crippen molar-refractivity contribution in [2.24, 2.45) is 5.73 Å². The summed E-state index contributed by atoms with van der Waals surface area (Å²) < 4.78 is 29.0. The van der Waals surface area contributed by atoms with E-state index in [1.165, 1.54) is 12.1 Å². The van der Waals surface area contributed by atoms with E-state index in [9.17, 15) is 8.78 Å². The van der Waals surface area contributed by atoms with Gasteiger partial charge in [-0.25, -0.2) is 13.5 Å². The molecule has 0 aliphatic carbocycles. The highest BCUT2D eigenvalue weighted by molar-refractivity contribution is 5.58. The van der Waals surface area contributed by atoms with Gasteiger partial charge in [-0.15, -0.1) is 5.10 Å². The van der Waals surface area contributed by atoms with Crippen LogP contribution in [0.2, 0.25) is 0 Å². The van der Waals surface area contributed by atoms with Gasteiger partial charge in [-0.2, -0.15) is 0 Å². The first-order valence-electron chi connectivity index (χ1n) is 8.86. The molecular formula is C22H18F2N4. The van der Waals surface area contributed by atoms with Crippen molar-refractivity contribution in [3.05, 3.63) is 108 Å². The Kier molecular flexibility index (Phi) is 4.95. The van der Waals surface area contributed by atoms with Gasteiger partial charge in [0, 0.05) is 11.6 Å².